The molecule has 0 amide bonds. The van der Waals surface area contributed by atoms with Crippen LogP contribution in [0.5, 0.6) is 17.2 Å². The fourth-order valence-electron chi connectivity index (χ4n) is 3.77. The number of aliphatic hydroxyl groups is 1. The van der Waals surface area contributed by atoms with Crippen molar-refractivity contribution in [2.24, 2.45) is 0 Å². The predicted molar refractivity (Wildman–Crippen MR) is 124 cm³/mol. The van der Waals surface area contributed by atoms with Crippen molar-refractivity contribution in [3.05, 3.63) is 52.4 Å². The molecule has 0 radical (unpaired) electrons. The lowest BCUT2D eigenvalue weighted by molar-refractivity contribution is 0.245. The molecule has 6 heteroatoms. The van der Waals surface area contributed by atoms with E-state index in [4.69, 9.17) is 21.1 Å². The summed E-state index contributed by atoms with van der Waals surface area (Å²) in [5.74, 6) is 2.11. The summed E-state index contributed by atoms with van der Waals surface area (Å²) < 4.78 is 12.5. The van der Waals surface area contributed by atoms with Gasteiger partial charge in [-0.1, -0.05) is 43.6 Å². The zero-order valence-corrected chi connectivity index (χ0v) is 18.9. The molecule has 0 spiro atoms. The molecule has 0 saturated carbocycles. The summed E-state index contributed by atoms with van der Waals surface area (Å²) in [5.41, 5.74) is 2.95. The molecule has 0 bridgehead atoms. The van der Waals surface area contributed by atoms with E-state index in [-0.39, 0.29) is 6.61 Å². The topological polar surface area (TPSA) is 41.9 Å². The van der Waals surface area contributed by atoms with Crippen LogP contribution in [0.4, 0.5) is 0 Å². The van der Waals surface area contributed by atoms with Crippen molar-refractivity contribution in [1.82, 2.24) is 4.90 Å². The first-order chi connectivity index (χ1) is 14.6. The van der Waals surface area contributed by atoms with Gasteiger partial charge in [-0.2, -0.15) is 0 Å². The van der Waals surface area contributed by atoms with E-state index in [9.17, 15) is 5.11 Å². The van der Waals surface area contributed by atoms with Gasteiger partial charge in [0.1, 0.15) is 5.75 Å². The Morgan fingerprint density at radius 3 is 2.63 bits per heavy atom. The zero-order valence-electron chi connectivity index (χ0n) is 17.3. The van der Waals surface area contributed by atoms with Crippen molar-refractivity contribution < 1.29 is 14.6 Å². The van der Waals surface area contributed by atoms with Crippen molar-refractivity contribution in [1.29, 1.82) is 0 Å². The van der Waals surface area contributed by atoms with E-state index in [0.29, 0.717) is 23.1 Å². The third-order valence-corrected chi connectivity index (χ3v) is 6.73. The maximum atomic E-state index is 9.72. The number of halogens is 1. The highest BCUT2D eigenvalue weighted by molar-refractivity contribution is 7.16. The summed E-state index contributed by atoms with van der Waals surface area (Å²) in [6.07, 6.45) is 0.929. The molecule has 0 aliphatic carbocycles. The van der Waals surface area contributed by atoms with Gasteiger partial charge in [-0.15, -0.1) is 11.3 Å². The van der Waals surface area contributed by atoms with Gasteiger partial charge in [0.15, 0.2) is 11.5 Å². The molecule has 0 atom stereocenters. The van der Waals surface area contributed by atoms with E-state index in [1.165, 1.54) is 0 Å². The Kier molecular flexibility index (Phi) is 6.64. The number of rotatable bonds is 8. The summed E-state index contributed by atoms with van der Waals surface area (Å²) in [4.78, 5) is 4.32. The van der Waals surface area contributed by atoms with Crippen LogP contribution >= 0.6 is 22.9 Å². The van der Waals surface area contributed by atoms with Crippen molar-refractivity contribution in [2.75, 3.05) is 26.2 Å². The van der Waals surface area contributed by atoms with Crippen molar-refractivity contribution >= 4 is 22.9 Å². The van der Waals surface area contributed by atoms with E-state index in [1.807, 2.05) is 42.5 Å². The Morgan fingerprint density at radius 1 is 1.07 bits per heavy atom. The van der Waals surface area contributed by atoms with Crippen molar-refractivity contribution in [2.45, 2.75) is 26.9 Å². The van der Waals surface area contributed by atoms with Crippen molar-refractivity contribution in [3.8, 4) is 38.8 Å². The number of para-hydroxylation sites is 1. The number of hydrogen-bond donors (Lipinski definition) is 1. The Labute approximate surface area is 186 Å². The van der Waals surface area contributed by atoms with Crippen LogP contribution in [0, 0.1) is 0 Å². The standard InChI is InChI=1S/C24H26ClNO3S/c1-3-26(4-2)10-7-11-28-22-13-16(25)12-20-23(22)29-21-9-6-5-8-18(21)19-14-17(15-27)30-24(19)20/h5-6,8-9,12-14,27H,3-4,7,10-11,15H2,1-2H3. The van der Waals surface area contributed by atoms with Crippen molar-refractivity contribution in [3.63, 3.8) is 0 Å². The van der Waals surface area contributed by atoms with E-state index in [1.54, 1.807) is 11.3 Å². The number of fused-ring (bicyclic) bond motifs is 5. The maximum Gasteiger partial charge on any atom is 0.178 e. The summed E-state index contributed by atoms with van der Waals surface area (Å²) in [6.45, 7) is 8.01. The smallest absolute Gasteiger partial charge is 0.178 e. The first kappa shape index (κ1) is 21.2. The number of ether oxygens (including phenoxy) is 2. The number of nitrogens with zero attached hydrogens (tertiary/aromatic N) is 1. The molecule has 0 fully saturated rings. The number of thiophene rings is 1. The molecule has 4 nitrogen and oxygen atoms in total. The molecule has 4 rings (SSSR count). The summed E-state index contributed by atoms with van der Waals surface area (Å²) >= 11 is 8.03. The SMILES string of the molecule is CCN(CC)CCCOc1cc(Cl)cc2c1Oc1ccccc1-c1cc(CO)sc1-2. The highest BCUT2D eigenvalue weighted by atomic mass is 35.5. The zero-order chi connectivity index (χ0) is 21.1. The minimum atomic E-state index is 0.00526. The minimum Gasteiger partial charge on any atom is -0.490 e. The van der Waals surface area contributed by atoms with Gasteiger partial charge in [0.2, 0.25) is 0 Å². The molecule has 2 aromatic carbocycles. The van der Waals surface area contributed by atoms with Gasteiger partial charge in [0.05, 0.1) is 13.2 Å². The van der Waals surface area contributed by atoms with Crippen LogP contribution in [0.3, 0.4) is 0 Å². The molecule has 1 aromatic heterocycles. The quantitative estimate of drug-likeness (QED) is 0.318. The van der Waals surface area contributed by atoms with Gasteiger partial charge < -0.3 is 19.5 Å². The third kappa shape index (κ3) is 4.21. The monoisotopic (exact) mass is 443 g/mol. The lowest BCUT2D eigenvalue weighted by atomic mass is 10.0. The summed E-state index contributed by atoms with van der Waals surface area (Å²) in [7, 11) is 0. The van der Waals surface area contributed by atoms with Crippen LogP contribution in [-0.4, -0.2) is 36.2 Å². The molecule has 0 saturated heterocycles. The minimum absolute atomic E-state index is 0.00526. The third-order valence-electron chi connectivity index (χ3n) is 5.36. The molecular formula is C24H26ClNO3S. The Morgan fingerprint density at radius 2 is 1.87 bits per heavy atom. The van der Waals surface area contributed by atoms with Gasteiger partial charge in [0, 0.05) is 44.1 Å². The molecule has 2 heterocycles. The molecule has 1 N–H and O–H groups in total. The van der Waals surface area contributed by atoms with Crippen LogP contribution < -0.4 is 9.47 Å². The number of benzene rings is 2. The molecular weight excluding hydrogens is 418 g/mol. The molecule has 1 aliphatic heterocycles. The van der Waals surface area contributed by atoms with Gasteiger partial charge >= 0.3 is 0 Å². The molecule has 30 heavy (non-hydrogen) atoms. The van der Waals surface area contributed by atoms with Crippen LogP contribution in [0.2, 0.25) is 5.02 Å². The summed E-state index contributed by atoms with van der Waals surface area (Å²) in [5, 5.41) is 10.3. The summed E-state index contributed by atoms with van der Waals surface area (Å²) in [6, 6.07) is 13.7. The van der Waals surface area contributed by atoms with Crippen LogP contribution in [0.15, 0.2) is 42.5 Å². The highest BCUT2D eigenvalue weighted by Gasteiger charge is 2.26. The predicted octanol–water partition coefficient (Wildman–Crippen LogP) is 6.44. The lowest BCUT2D eigenvalue weighted by Crippen LogP contribution is -2.25. The molecule has 1 aliphatic rings. The molecule has 3 aromatic rings. The van der Waals surface area contributed by atoms with Gasteiger partial charge in [0.25, 0.3) is 0 Å². The van der Waals surface area contributed by atoms with E-state index < -0.39 is 0 Å². The Bertz CT molecular complexity index is 1030. The van der Waals surface area contributed by atoms with E-state index in [0.717, 1.165) is 58.2 Å². The average molecular weight is 444 g/mol. The van der Waals surface area contributed by atoms with E-state index in [2.05, 4.69) is 18.7 Å². The Hall–Kier alpha value is -2.05. The Balaban J connectivity index is 1.71. The van der Waals surface area contributed by atoms with Gasteiger partial charge in [-0.25, -0.2) is 0 Å². The number of hydrogen-bond acceptors (Lipinski definition) is 5. The second-order valence-electron chi connectivity index (χ2n) is 7.22. The fourth-order valence-corrected chi connectivity index (χ4v) is 5.02. The first-order valence-corrected chi connectivity index (χ1v) is 11.5. The first-order valence-electron chi connectivity index (χ1n) is 10.3. The maximum absolute atomic E-state index is 9.72. The van der Waals surface area contributed by atoms with Crippen LogP contribution in [0.25, 0.3) is 21.6 Å². The second kappa shape index (κ2) is 9.40. The normalized spacial score (nSPS) is 12.0. The van der Waals surface area contributed by atoms with Crippen LogP contribution in [-0.2, 0) is 6.61 Å². The number of aliphatic hydroxyl groups excluding tert-OH is 1. The highest BCUT2D eigenvalue weighted by Crippen LogP contribution is 2.53. The van der Waals surface area contributed by atoms with Crippen LogP contribution in [0.1, 0.15) is 25.1 Å². The molecule has 158 valence electrons. The van der Waals surface area contributed by atoms with Gasteiger partial charge in [-0.05, 0) is 37.7 Å². The fraction of sp³-hybridized carbons (Fsp3) is 0.333. The van der Waals surface area contributed by atoms with Gasteiger partial charge in [-0.3, -0.25) is 0 Å². The average Bonchev–Trinajstić information content (AvgIpc) is 3.15. The van der Waals surface area contributed by atoms with E-state index >= 15 is 0 Å². The second-order valence-corrected chi connectivity index (χ2v) is 8.79. The molecule has 0 unspecified atom stereocenters. The largest absolute Gasteiger partial charge is 0.490 e. The lowest BCUT2D eigenvalue weighted by Gasteiger charge is -2.19.